The number of rotatable bonds is 7. The Labute approximate surface area is 232 Å². The quantitative estimate of drug-likeness (QED) is 0.315. The zero-order valence-electron chi connectivity index (χ0n) is 22.7. The first-order valence-corrected chi connectivity index (χ1v) is 13.9. The number of fused-ring (bicyclic) bond motifs is 1. The van der Waals surface area contributed by atoms with Crippen molar-refractivity contribution in [1.29, 1.82) is 5.26 Å². The van der Waals surface area contributed by atoms with Crippen LogP contribution in [-0.2, 0) is 10.9 Å². The fraction of sp³-hybridized carbons (Fsp3) is 0.533. The van der Waals surface area contributed by atoms with E-state index in [0.29, 0.717) is 35.9 Å². The van der Waals surface area contributed by atoms with E-state index in [2.05, 4.69) is 17.1 Å². The van der Waals surface area contributed by atoms with Gasteiger partial charge in [0.1, 0.15) is 5.82 Å². The van der Waals surface area contributed by atoms with Crippen molar-refractivity contribution in [2.75, 3.05) is 44.7 Å². The van der Waals surface area contributed by atoms with Crippen LogP contribution in [0.3, 0.4) is 0 Å². The van der Waals surface area contributed by atoms with Crippen LogP contribution in [0.15, 0.2) is 48.5 Å². The van der Waals surface area contributed by atoms with Gasteiger partial charge in [0.05, 0.1) is 30.4 Å². The van der Waals surface area contributed by atoms with Gasteiger partial charge in [0.15, 0.2) is 0 Å². The molecule has 1 saturated heterocycles. The predicted octanol–water partition coefficient (Wildman–Crippen LogP) is 6.39. The van der Waals surface area contributed by atoms with Crippen molar-refractivity contribution in [3.05, 3.63) is 65.5 Å². The van der Waals surface area contributed by atoms with Gasteiger partial charge in [-0.15, -0.1) is 0 Å². The lowest BCUT2D eigenvalue weighted by atomic mass is 10.1. The summed E-state index contributed by atoms with van der Waals surface area (Å²) < 4.78 is 58.1. The number of benzene rings is 2. The number of urea groups is 1. The second-order valence-corrected chi connectivity index (χ2v) is 10.7. The van der Waals surface area contributed by atoms with E-state index in [0.717, 1.165) is 64.6 Å². The summed E-state index contributed by atoms with van der Waals surface area (Å²) in [6.07, 6.45) is -1.04. The molecule has 4 atom stereocenters. The molecule has 4 unspecified atom stereocenters. The second kappa shape index (κ2) is 13.5. The third-order valence-corrected chi connectivity index (χ3v) is 8.19. The maximum Gasteiger partial charge on any atom is 0.419 e. The molecular weight excluding hydrogens is 524 g/mol. The Morgan fingerprint density at radius 3 is 2.45 bits per heavy atom. The number of hydrogen-bond acceptors (Lipinski definition) is 4. The first-order chi connectivity index (χ1) is 19.2. The maximum atomic E-state index is 13.6. The molecule has 216 valence electrons. The molecule has 1 aliphatic heterocycles. The monoisotopic (exact) mass is 560 g/mol. The third-order valence-electron chi connectivity index (χ3n) is 8.19. The van der Waals surface area contributed by atoms with Gasteiger partial charge < -0.3 is 15.0 Å². The number of morpholine rings is 1. The van der Waals surface area contributed by atoms with E-state index < -0.39 is 23.6 Å². The SMILES string of the molecule is CC1C2CCC(N(CCCCN3CCOCC3)C(=O)Nc3ccc(F)c(C(F)(F)F)c3)C12.N#Cc1ccccc1. The maximum absolute atomic E-state index is 13.6. The lowest BCUT2D eigenvalue weighted by Crippen LogP contribution is -2.44. The van der Waals surface area contributed by atoms with Crippen molar-refractivity contribution in [3.8, 4) is 6.07 Å². The molecule has 2 aliphatic carbocycles. The predicted molar refractivity (Wildman–Crippen MR) is 144 cm³/mol. The molecule has 3 fully saturated rings. The molecule has 1 heterocycles. The lowest BCUT2D eigenvalue weighted by molar-refractivity contribution is -0.139. The van der Waals surface area contributed by atoms with Gasteiger partial charge >= 0.3 is 12.2 Å². The lowest BCUT2D eigenvalue weighted by Gasteiger charge is -2.32. The van der Waals surface area contributed by atoms with Gasteiger partial charge in [-0.25, -0.2) is 9.18 Å². The average molecular weight is 561 g/mol. The van der Waals surface area contributed by atoms with Crippen LogP contribution in [0.2, 0.25) is 0 Å². The fourth-order valence-electron chi connectivity index (χ4n) is 5.98. The number of nitrogens with zero attached hydrogens (tertiary/aromatic N) is 3. The minimum atomic E-state index is -4.81. The first kappa shape index (κ1) is 29.8. The number of hydrogen-bond donors (Lipinski definition) is 1. The number of ether oxygens (including phenoxy) is 1. The van der Waals surface area contributed by atoms with E-state index in [1.165, 1.54) is 6.07 Å². The van der Waals surface area contributed by atoms with E-state index in [1.54, 1.807) is 12.1 Å². The third kappa shape index (κ3) is 7.73. The summed E-state index contributed by atoms with van der Waals surface area (Å²) in [5, 5.41) is 10.9. The molecule has 2 amide bonds. The molecular formula is C30H36F4N4O2. The largest absolute Gasteiger partial charge is 0.419 e. The molecule has 0 radical (unpaired) electrons. The van der Waals surface area contributed by atoms with Gasteiger partial charge in [-0.2, -0.15) is 18.4 Å². The number of nitrogens with one attached hydrogen (secondary N) is 1. The number of amides is 2. The van der Waals surface area contributed by atoms with Crippen LogP contribution >= 0.6 is 0 Å². The van der Waals surface area contributed by atoms with E-state index >= 15 is 0 Å². The zero-order chi connectivity index (χ0) is 28.7. The zero-order valence-corrected chi connectivity index (χ0v) is 22.7. The van der Waals surface area contributed by atoms with E-state index in [9.17, 15) is 22.4 Å². The minimum absolute atomic E-state index is 0.0413. The molecule has 0 bridgehead atoms. The van der Waals surface area contributed by atoms with Gasteiger partial charge in [-0.05, 0) is 80.3 Å². The Balaban J connectivity index is 0.000000398. The second-order valence-electron chi connectivity index (χ2n) is 10.7. The summed E-state index contributed by atoms with van der Waals surface area (Å²) in [4.78, 5) is 17.3. The highest BCUT2D eigenvalue weighted by atomic mass is 19.4. The molecule has 0 aromatic heterocycles. The van der Waals surface area contributed by atoms with Crippen molar-refractivity contribution in [1.82, 2.24) is 9.80 Å². The number of alkyl halides is 3. The summed E-state index contributed by atoms with van der Waals surface area (Å²) in [6.45, 7) is 7.03. The molecule has 2 saturated carbocycles. The van der Waals surface area contributed by atoms with Crippen LogP contribution in [0.4, 0.5) is 28.0 Å². The Morgan fingerprint density at radius 2 is 1.85 bits per heavy atom. The van der Waals surface area contributed by atoms with Gasteiger partial charge in [0, 0.05) is 31.4 Å². The van der Waals surface area contributed by atoms with E-state index in [-0.39, 0.29) is 11.7 Å². The molecule has 1 N–H and O–H groups in total. The highest BCUT2D eigenvalue weighted by Gasteiger charge is 2.57. The standard InChI is InChI=1S/C23H31F4N3O2.C7H5N/c1-15-17-5-7-20(21(15)17)30(9-3-2-8-29-10-12-32-13-11-29)22(31)28-16-4-6-19(24)18(14-16)23(25,26)27;8-6-7-4-2-1-3-5-7/h4,6,14-15,17,20-21H,2-3,5,7-13H2,1H3,(H,28,31);1-5H. The summed E-state index contributed by atoms with van der Waals surface area (Å²) in [6, 6.07) is 13.5. The number of nitriles is 1. The van der Waals surface area contributed by atoms with Gasteiger partial charge in [0.25, 0.3) is 0 Å². The fourth-order valence-corrected chi connectivity index (χ4v) is 5.98. The molecule has 40 heavy (non-hydrogen) atoms. The molecule has 3 aliphatic rings. The summed E-state index contributed by atoms with van der Waals surface area (Å²) in [5.41, 5.74) is -0.697. The molecule has 5 rings (SSSR count). The van der Waals surface area contributed by atoms with Gasteiger partial charge in [-0.3, -0.25) is 4.90 Å². The van der Waals surface area contributed by atoms with Crippen molar-refractivity contribution < 1.29 is 27.1 Å². The van der Waals surface area contributed by atoms with Gasteiger partial charge in [-0.1, -0.05) is 25.1 Å². The van der Waals surface area contributed by atoms with Crippen molar-refractivity contribution in [2.45, 2.75) is 44.8 Å². The average Bonchev–Trinajstić information content (AvgIpc) is 3.36. The van der Waals surface area contributed by atoms with E-state index in [1.807, 2.05) is 29.2 Å². The number of unbranched alkanes of at least 4 members (excludes halogenated alkanes) is 1. The van der Waals surface area contributed by atoms with Gasteiger partial charge in [0.2, 0.25) is 0 Å². The van der Waals surface area contributed by atoms with Crippen molar-refractivity contribution in [3.63, 3.8) is 0 Å². The topological polar surface area (TPSA) is 68.6 Å². The normalized spacial score (nSPS) is 23.8. The minimum Gasteiger partial charge on any atom is -0.379 e. The highest BCUT2D eigenvalue weighted by Crippen LogP contribution is 2.58. The van der Waals surface area contributed by atoms with E-state index in [4.69, 9.17) is 10.00 Å². The Kier molecular flexibility index (Phi) is 10.0. The summed E-state index contributed by atoms with van der Waals surface area (Å²) in [7, 11) is 0. The summed E-state index contributed by atoms with van der Waals surface area (Å²) >= 11 is 0. The van der Waals surface area contributed by atoms with Crippen LogP contribution in [0.25, 0.3) is 0 Å². The molecule has 2 aromatic carbocycles. The van der Waals surface area contributed by atoms with Crippen LogP contribution in [0.5, 0.6) is 0 Å². The number of carbonyl (C=O) groups excluding carboxylic acids is 1. The molecule has 2 aromatic rings. The number of halogens is 4. The van der Waals surface area contributed by atoms with Crippen LogP contribution in [0, 0.1) is 34.9 Å². The smallest absolute Gasteiger partial charge is 0.379 e. The number of anilines is 1. The van der Waals surface area contributed by atoms with Crippen LogP contribution in [0.1, 0.15) is 43.7 Å². The Morgan fingerprint density at radius 1 is 1.12 bits per heavy atom. The number of carbonyl (C=O) groups is 1. The van der Waals surface area contributed by atoms with Crippen molar-refractivity contribution >= 4 is 11.7 Å². The molecule has 0 spiro atoms. The van der Waals surface area contributed by atoms with Crippen LogP contribution < -0.4 is 5.32 Å². The van der Waals surface area contributed by atoms with Crippen molar-refractivity contribution in [2.24, 2.45) is 17.8 Å². The Hall–Kier alpha value is -3.16. The molecule has 6 nitrogen and oxygen atoms in total. The summed E-state index contributed by atoms with van der Waals surface area (Å²) in [5.74, 6) is 0.353. The first-order valence-electron chi connectivity index (χ1n) is 13.9. The molecule has 10 heteroatoms. The Bertz CT molecular complexity index is 1160. The highest BCUT2D eigenvalue weighted by molar-refractivity contribution is 5.89. The van der Waals surface area contributed by atoms with Crippen LogP contribution in [-0.4, -0.2) is 61.3 Å².